The second kappa shape index (κ2) is 10.5. The standard InChI is InChI=1S/C25H28ClN3OS/c1-18-8-4-5-14-29(18)15-7-13-27-25(30)22-17-24(28-23-12-3-2-11-21(22)23)31-20-10-6-9-19(26)16-20/h2-3,6,9-12,16-18H,4-5,7-8,13-15H2,1H3,(H,27,30)/t18-/m0/s1. The van der Waals surface area contributed by atoms with Gasteiger partial charge in [-0.25, -0.2) is 4.98 Å². The first kappa shape index (κ1) is 22.1. The number of carbonyl (C=O) groups excluding carboxylic acids is 1. The molecule has 2 heterocycles. The molecule has 2 aromatic carbocycles. The molecule has 1 atom stereocenters. The van der Waals surface area contributed by atoms with Gasteiger partial charge in [-0.15, -0.1) is 0 Å². The van der Waals surface area contributed by atoms with Gasteiger partial charge in [0.2, 0.25) is 0 Å². The maximum atomic E-state index is 13.1. The minimum absolute atomic E-state index is 0.0433. The van der Waals surface area contributed by atoms with Gasteiger partial charge in [-0.3, -0.25) is 4.79 Å². The van der Waals surface area contributed by atoms with Gasteiger partial charge >= 0.3 is 0 Å². The fourth-order valence-corrected chi connectivity index (χ4v) is 5.26. The minimum Gasteiger partial charge on any atom is -0.352 e. The number of hydrogen-bond donors (Lipinski definition) is 1. The molecule has 162 valence electrons. The highest BCUT2D eigenvalue weighted by Crippen LogP contribution is 2.31. The zero-order valence-corrected chi connectivity index (χ0v) is 19.4. The maximum Gasteiger partial charge on any atom is 0.252 e. The molecule has 0 unspecified atom stereocenters. The molecule has 31 heavy (non-hydrogen) atoms. The van der Waals surface area contributed by atoms with Crippen LogP contribution in [-0.4, -0.2) is 41.5 Å². The topological polar surface area (TPSA) is 45.2 Å². The zero-order valence-electron chi connectivity index (χ0n) is 17.8. The van der Waals surface area contributed by atoms with Crippen LogP contribution in [0.4, 0.5) is 0 Å². The van der Waals surface area contributed by atoms with Gasteiger partial charge in [-0.1, -0.05) is 54.0 Å². The molecule has 6 heteroatoms. The molecule has 1 saturated heterocycles. The van der Waals surface area contributed by atoms with Crippen LogP contribution in [0.15, 0.2) is 64.5 Å². The largest absolute Gasteiger partial charge is 0.352 e. The fraction of sp³-hybridized carbons (Fsp3) is 0.360. The number of fused-ring (bicyclic) bond motifs is 1. The number of amides is 1. The third kappa shape index (κ3) is 5.79. The van der Waals surface area contributed by atoms with E-state index in [9.17, 15) is 4.79 Å². The van der Waals surface area contributed by atoms with Gasteiger partial charge in [0.25, 0.3) is 5.91 Å². The lowest BCUT2D eigenvalue weighted by Crippen LogP contribution is -2.39. The van der Waals surface area contributed by atoms with Gasteiger partial charge in [-0.2, -0.15) is 0 Å². The van der Waals surface area contributed by atoms with Crippen molar-refractivity contribution in [2.45, 2.75) is 48.6 Å². The van der Waals surface area contributed by atoms with Crippen molar-refractivity contribution < 1.29 is 4.79 Å². The van der Waals surface area contributed by atoms with Crippen molar-refractivity contribution >= 4 is 40.2 Å². The molecule has 1 aromatic heterocycles. The van der Waals surface area contributed by atoms with Crippen molar-refractivity contribution in [3.05, 3.63) is 65.2 Å². The zero-order chi connectivity index (χ0) is 21.6. The summed E-state index contributed by atoms with van der Waals surface area (Å²) < 4.78 is 0. The average molecular weight is 454 g/mol. The number of para-hydroxylation sites is 1. The molecule has 1 amide bonds. The highest BCUT2D eigenvalue weighted by Gasteiger charge is 2.18. The van der Waals surface area contributed by atoms with Crippen LogP contribution in [0.2, 0.25) is 5.02 Å². The van der Waals surface area contributed by atoms with Gasteiger partial charge < -0.3 is 10.2 Å². The Balaban J connectivity index is 1.45. The lowest BCUT2D eigenvalue weighted by molar-refractivity contribution is 0.0950. The van der Waals surface area contributed by atoms with Gasteiger partial charge in [0.05, 0.1) is 11.1 Å². The molecule has 0 spiro atoms. The Hall–Kier alpha value is -2.08. The van der Waals surface area contributed by atoms with E-state index in [0.29, 0.717) is 23.2 Å². The number of rotatable bonds is 7. The molecule has 1 N–H and O–H groups in total. The molecular weight excluding hydrogens is 426 g/mol. The van der Waals surface area contributed by atoms with Gasteiger partial charge in [-0.05, 0) is 63.1 Å². The number of carbonyl (C=O) groups is 1. The van der Waals surface area contributed by atoms with E-state index in [-0.39, 0.29) is 5.91 Å². The normalized spacial score (nSPS) is 17.0. The molecule has 3 aromatic rings. The number of hydrogen-bond acceptors (Lipinski definition) is 4. The summed E-state index contributed by atoms with van der Waals surface area (Å²) in [6.07, 6.45) is 4.86. The predicted octanol–water partition coefficient (Wildman–Crippen LogP) is 6.03. The first-order valence-corrected chi connectivity index (χ1v) is 12.1. The van der Waals surface area contributed by atoms with E-state index in [1.807, 2.05) is 54.6 Å². The Morgan fingerprint density at radius 1 is 1.19 bits per heavy atom. The summed E-state index contributed by atoms with van der Waals surface area (Å²) in [5.74, 6) is -0.0433. The van der Waals surface area contributed by atoms with Crippen LogP contribution in [0.1, 0.15) is 43.0 Å². The molecule has 0 bridgehead atoms. The third-order valence-corrected chi connectivity index (χ3v) is 6.95. The number of pyridine rings is 1. The summed E-state index contributed by atoms with van der Waals surface area (Å²) in [5, 5.41) is 5.47. The lowest BCUT2D eigenvalue weighted by Gasteiger charge is -2.33. The maximum absolute atomic E-state index is 13.1. The first-order valence-electron chi connectivity index (χ1n) is 11.0. The second-order valence-corrected chi connectivity index (χ2v) is 9.61. The molecule has 4 rings (SSSR count). The van der Waals surface area contributed by atoms with E-state index < -0.39 is 0 Å². The summed E-state index contributed by atoms with van der Waals surface area (Å²) in [6, 6.07) is 18.0. The van der Waals surface area contributed by atoms with Crippen LogP contribution >= 0.6 is 23.4 Å². The second-order valence-electron chi connectivity index (χ2n) is 8.07. The lowest BCUT2D eigenvalue weighted by atomic mass is 10.0. The number of likely N-dealkylation sites (tertiary alicyclic amines) is 1. The molecule has 4 nitrogen and oxygen atoms in total. The van der Waals surface area contributed by atoms with Crippen molar-refractivity contribution in [1.29, 1.82) is 0 Å². The molecule has 1 aliphatic rings. The monoisotopic (exact) mass is 453 g/mol. The number of nitrogens with one attached hydrogen (secondary N) is 1. The number of aromatic nitrogens is 1. The number of nitrogens with zero attached hydrogens (tertiary/aromatic N) is 2. The highest BCUT2D eigenvalue weighted by atomic mass is 35.5. The highest BCUT2D eigenvalue weighted by molar-refractivity contribution is 7.99. The molecule has 0 saturated carbocycles. The Morgan fingerprint density at radius 3 is 2.90 bits per heavy atom. The minimum atomic E-state index is -0.0433. The molecule has 1 fully saturated rings. The smallest absolute Gasteiger partial charge is 0.252 e. The van der Waals surface area contributed by atoms with Crippen LogP contribution in [0.3, 0.4) is 0 Å². The summed E-state index contributed by atoms with van der Waals surface area (Å²) in [4.78, 5) is 21.3. The van der Waals surface area contributed by atoms with Crippen LogP contribution in [0.25, 0.3) is 10.9 Å². The quantitative estimate of drug-likeness (QED) is 0.443. The van der Waals surface area contributed by atoms with Crippen LogP contribution in [-0.2, 0) is 0 Å². The van der Waals surface area contributed by atoms with Crippen LogP contribution in [0.5, 0.6) is 0 Å². The van der Waals surface area contributed by atoms with Crippen LogP contribution in [0, 0.1) is 0 Å². The van der Waals surface area contributed by atoms with E-state index >= 15 is 0 Å². The van der Waals surface area contributed by atoms with Gasteiger partial charge in [0.15, 0.2) is 0 Å². The summed E-state index contributed by atoms with van der Waals surface area (Å²) >= 11 is 7.64. The first-order chi connectivity index (χ1) is 15.1. The van der Waals surface area contributed by atoms with Crippen molar-refractivity contribution in [2.24, 2.45) is 0 Å². The van der Waals surface area contributed by atoms with Crippen molar-refractivity contribution in [1.82, 2.24) is 15.2 Å². The summed E-state index contributed by atoms with van der Waals surface area (Å²) in [5.41, 5.74) is 1.49. The SMILES string of the molecule is C[C@H]1CCCCN1CCCNC(=O)c1cc(Sc2cccc(Cl)c2)nc2ccccc12. The van der Waals surface area contributed by atoms with Gasteiger partial charge in [0, 0.05) is 34.4 Å². The van der Waals surface area contributed by atoms with E-state index in [1.165, 1.54) is 37.6 Å². The average Bonchev–Trinajstić information content (AvgIpc) is 2.77. The predicted molar refractivity (Wildman–Crippen MR) is 129 cm³/mol. The van der Waals surface area contributed by atoms with Crippen LogP contribution < -0.4 is 5.32 Å². The Morgan fingerprint density at radius 2 is 2.06 bits per heavy atom. The summed E-state index contributed by atoms with van der Waals surface area (Å²) in [7, 11) is 0. The molecule has 1 aliphatic heterocycles. The number of piperidine rings is 1. The number of halogens is 1. The molecular formula is C25H28ClN3OS. The van der Waals surface area contributed by atoms with E-state index in [4.69, 9.17) is 16.6 Å². The van der Waals surface area contributed by atoms with Crippen molar-refractivity contribution in [3.63, 3.8) is 0 Å². The number of benzene rings is 2. The van der Waals surface area contributed by atoms with Crippen molar-refractivity contribution in [2.75, 3.05) is 19.6 Å². The van der Waals surface area contributed by atoms with E-state index in [0.717, 1.165) is 33.8 Å². The fourth-order valence-electron chi connectivity index (χ4n) is 4.11. The Labute approximate surface area is 193 Å². The summed E-state index contributed by atoms with van der Waals surface area (Å²) in [6.45, 7) is 5.19. The third-order valence-electron chi connectivity index (χ3n) is 5.80. The van der Waals surface area contributed by atoms with E-state index in [1.54, 1.807) is 0 Å². The van der Waals surface area contributed by atoms with Crippen molar-refractivity contribution in [3.8, 4) is 0 Å². The Kier molecular flexibility index (Phi) is 7.49. The van der Waals surface area contributed by atoms with Gasteiger partial charge in [0.1, 0.15) is 5.03 Å². The van der Waals surface area contributed by atoms with E-state index in [2.05, 4.69) is 17.1 Å². The Bertz CT molecular complexity index is 1060. The molecule has 0 radical (unpaired) electrons. The molecule has 0 aliphatic carbocycles.